The van der Waals surface area contributed by atoms with Crippen molar-refractivity contribution in [3.05, 3.63) is 76.0 Å². The van der Waals surface area contributed by atoms with E-state index in [2.05, 4.69) is 0 Å². The molecule has 0 unspecified atom stereocenters. The molecule has 0 aliphatic heterocycles. The molecule has 0 N–H and O–H groups in total. The number of nitrogens with zero attached hydrogens (tertiary/aromatic N) is 2. The van der Waals surface area contributed by atoms with Gasteiger partial charge in [-0.1, -0.05) is 30.3 Å². The summed E-state index contributed by atoms with van der Waals surface area (Å²) in [6.45, 7) is 0.294. The standard InChI is InChI=1S/C17H18N2O3/c1-18(2)11-10-14-8-9-16(19(20)21)17(12-14)22-13-15-6-4-3-5-7-15/h3-12H,13H2,1-2H3/b11-10+. The van der Waals surface area contributed by atoms with Crippen molar-refractivity contribution in [1.29, 1.82) is 0 Å². The van der Waals surface area contributed by atoms with Crippen LogP contribution in [-0.4, -0.2) is 23.9 Å². The molecule has 0 fully saturated rings. The van der Waals surface area contributed by atoms with Gasteiger partial charge >= 0.3 is 5.69 Å². The van der Waals surface area contributed by atoms with Gasteiger partial charge < -0.3 is 9.64 Å². The van der Waals surface area contributed by atoms with Crippen LogP contribution in [0.2, 0.25) is 0 Å². The Labute approximate surface area is 129 Å². The Kier molecular flexibility index (Phi) is 5.14. The monoisotopic (exact) mass is 298 g/mol. The minimum Gasteiger partial charge on any atom is -0.482 e. The first-order valence-corrected chi connectivity index (χ1v) is 6.86. The van der Waals surface area contributed by atoms with E-state index in [0.717, 1.165) is 11.1 Å². The van der Waals surface area contributed by atoms with Gasteiger partial charge in [-0.15, -0.1) is 0 Å². The number of benzene rings is 2. The fourth-order valence-electron chi connectivity index (χ4n) is 1.87. The summed E-state index contributed by atoms with van der Waals surface area (Å²) in [4.78, 5) is 12.6. The van der Waals surface area contributed by atoms with E-state index in [1.807, 2.05) is 61.6 Å². The molecule has 0 heterocycles. The second kappa shape index (κ2) is 7.26. The molecule has 0 saturated heterocycles. The van der Waals surface area contributed by atoms with Gasteiger partial charge in [-0.05, 0) is 35.5 Å². The van der Waals surface area contributed by atoms with E-state index in [4.69, 9.17) is 4.74 Å². The first-order chi connectivity index (χ1) is 10.6. The third-order valence-electron chi connectivity index (χ3n) is 2.98. The molecule has 114 valence electrons. The van der Waals surface area contributed by atoms with E-state index in [1.165, 1.54) is 6.07 Å². The van der Waals surface area contributed by atoms with Crippen LogP contribution in [0, 0.1) is 10.1 Å². The van der Waals surface area contributed by atoms with Crippen molar-refractivity contribution < 1.29 is 9.66 Å². The van der Waals surface area contributed by atoms with Crippen LogP contribution in [-0.2, 0) is 6.61 Å². The van der Waals surface area contributed by atoms with E-state index in [9.17, 15) is 10.1 Å². The van der Waals surface area contributed by atoms with E-state index < -0.39 is 4.92 Å². The third kappa shape index (κ3) is 4.34. The van der Waals surface area contributed by atoms with E-state index in [-0.39, 0.29) is 11.4 Å². The van der Waals surface area contributed by atoms with E-state index in [1.54, 1.807) is 12.1 Å². The zero-order valence-electron chi connectivity index (χ0n) is 12.6. The van der Waals surface area contributed by atoms with Crippen molar-refractivity contribution in [2.24, 2.45) is 0 Å². The van der Waals surface area contributed by atoms with Crippen molar-refractivity contribution in [2.75, 3.05) is 14.1 Å². The molecular formula is C17H18N2O3. The molecule has 0 radical (unpaired) electrons. The van der Waals surface area contributed by atoms with Crippen LogP contribution >= 0.6 is 0 Å². The molecular weight excluding hydrogens is 280 g/mol. The van der Waals surface area contributed by atoms with Crippen LogP contribution in [0.1, 0.15) is 11.1 Å². The number of ether oxygens (including phenoxy) is 1. The van der Waals surface area contributed by atoms with Crippen LogP contribution in [0.25, 0.3) is 6.08 Å². The van der Waals surface area contributed by atoms with E-state index in [0.29, 0.717) is 6.61 Å². The fourth-order valence-corrected chi connectivity index (χ4v) is 1.87. The largest absolute Gasteiger partial charge is 0.482 e. The van der Waals surface area contributed by atoms with Gasteiger partial charge in [0.25, 0.3) is 0 Å². The van der Waals surface area contributed by atoms with Crippen LogP contribution in [0.5, 0.6) is 5.75 Å². The maximum atomic E-state index is 11.1. The molecule has 2 aromatic rings. The summed E-state index contributed by atoms with van der Waals surface area (Å²) < 4.78 is 5.64. The highest BCUT2D eigenvalue weighted by Gasteiger charge is 2.15. The smallest absolute Gasteiger partial charge is 0.310 e. The lowest BCUT2D eigenvalue weighted by Gasteiger charge is -2.08. The highest BCUT2D eigenvalue weighted by molar-refractivity contribution is 5.58. The Morgan fingerprint density at radius 1 is 1.18 bits per heavy atom. The third-order valence-corrected chi connectivity index (χ3v) is 2.98. The molecule has 0 spiro atoms. The highest BCUT2D eigenvalue weighted by atomic mass is 16.6. The van der Waals surface area contributed by atoms with Gasteiger partial charge in [-0.2, -0.15) is 0 Å². The molecule has 0 saturated carbocycles. The fraction of sp³-hybridized carbons (Fsp3) is 0.176. The summed E-state index contributed by atoms with van der Waals surface area (Å²) in [5.41, 5.74) is 1.78. The molecule has 5 nitrogen and oxygen atoms in total. The molecule has 0 aromatic heterocycles. The quantitative estimate of drug-likeness (QED) is 0.602. The molecule has 22 heavy (non-hydrogen) atoms. The van der Waals surface area contributed by atoms with Crippen LogP contribution in [0.15, 0.2) is 54.7 Å². The number of rotatable bonds is 6. The van der Waals surface area contributed by atoms with Gasteiger partial charge in [-0.3, -0.25) is 10.1 Å². The van der Waals surface area contributed by atoms with Gasteiger partial charge in [0, 0.05) is 20.2 Å². The van der Waals surface area contributed by atoms with Crippen molar-refractivity contribution in [3.63, 3.8) is 0 Å². The van der Waals surface area contributed by atoms with Gasteiger partial charge in [0.2, 0.25) is 0 Å². The summed E-state index contributed by atoms with van der Waals surface area (Å²) in [7, 11) is 3.82. The molecule has 2 rings (SSSR count). The Bertz CT molecular complexity index is 667. The molecule has 0 aliphatic rings. The Hall–Kier alpha value is -2.82. The lowest BCUT2D eigenvalue weighted by Crippen LogP contribution is -2.01. The Balaban J connectivity index is 2.22. The second-order valence-electron chi connectivity index (χ2n) is 5.04. The predicted molar refractivity (Wildman–Crippen MR) is 86.6 cm³/mol. The lowest BCUT2D eigenvalue weighted by molar-refractivity contribution is -0.385. The van der Waals surface area contributed by atoms with Crippen molar-refractivity contribution >= 4 is 11.8 Å². The highest BCUT2D eigenvalue weighted by Crippen LogP contribution is 2.29. The minimum absolute atomic E-state index is 0.0297. The molecule has 0 atom stereocenters. The van der Waals surface area contributed by atoms with Crippen molar-refractivity contribution in [2.45, 2.75) is 6.61 Å². The normalized spacial score (nSPS) is 10.6. The van der Waals surface area contributed by atoms with Gasteiger partial charge in [0.1, 0.15) is 6.61 Å². The molecule has 0 bridgehead atoms. The molecule has 0 amide bonds. The second-order valence-corrected chi connectivity index (χ2v) is 5.04. The van der Waals surface area contributed by atoms with Crippen LogP contribution < -0.4 is 4.74 Å². The number of nitro groups is 1. The summed E-state index contributed by atoms with van der Waals surface area (Å²) in [5.74, 6) is 0.273. The van der Waals surface area contributed by atoms with Crippen LogP contribution in [0.3, 0.4) is 0 Å². The average Bonchev–Trinajstić information content (AvgIpc) is 2.51. The number of hydrogen-bond acceptors (Lipinski definition) is 4. The van der Waals surface area contributed by atoms with E-state index >= 15 is 0 Å². The average molecular weight is 298 g/mol. The van der Waals surface area contributed by atoms with Crippen LogP contribution in [0.4, 0.5) is 5.69 Å². The summed E-state index contributed by atoms with van der Waals surface area (Å²) in [5, 5.41) is 11.1. The van der Waals surface area contributed by atoms with Gasteiger partial charge in [-0.25, -0.2) is 0 Å². The number of hydrogen-bond donors (Lipinski definition) is 0. The number of nitro benzene ring substituents is 1. The topological polar surface area (TPSA) is 55.6 Å². The summed E-state index contributed by atoms with van der Waals surface area (Å²) in [6, 6.07) is 14.4. The Morgan fingerprint density at radius 2 is 1.91 bits per heavy atom. The summed E-state index contributed by atoms with van der Waals surface area (Å²) >= 11 is 0. The molecule has 2 aromatic carbocycles. The van der Waals surface area contributed by atoms with Crippen molar-refractivity contribution in [1.82, 2.24) is 4.90 Å². The minimum atomic E-state index is -0.431. The predicted octanol–water partition coefficient (Wildman–Crippen LogP) is 3.71. The maximum Gasteiger partial charge on any atom is 0.310 e. The molecule has 5 heteroatoms. The van der Waals surface area contributed by atoms with Crippen molar-refractivity contribution in [3.8, 4) is 5.75 Å². The zero-order chi connectivity index (χ0) is 15.9. The maximum absolute atomic E-state index is 11.1. The Morgan fingerprint density at radius 3 is 2.55 bits per heavy atom. The summed E-state index contributed by atoms with van der Waals surface area (Å²) in [6.07, 6.45) is 3.75. The first-order valence-electron chi connectivity index (χ1n) is 6.86. The lowest BCUT2D eigenvalue weighted by atomic mass is 10.2. The molecule has 0 aliphatic carbocycles. The van der Waals surface area contributed by atoms with Gasteiger partial charge in [0.05, 0.1) is 4.92 Å². The zero-order valence-corrected chi connectivity index (χ0v) is 12.6. The van der Waals surface area contributed by atoms with Gasteiger partial charge in [0.15, 0.2) is 5.75 Å². The first kappa shape index (κ1) is 15.6. The SMILES string of the molecule is CN(C)/C=C/c1ccc([N+](=O)[O-])c(OCc2ccccc2)c1.